The number of hydrogen-bond donors (Lipinski definition) is 2. The van der Waals surface area contributed by atoms with Gasteiger partial charge >= 0.3 is 0 Å². The largest absolute Gasteiger partial charge is 0.483 e. The first-order chi connectivity index (χ1) is 18.0. The third kappa shape index (κ3) is 4.99. The highest BCUT2D eigenvalue weighted by Crippen LogP contribution is 2.38. The zero-order chi connectivity index (χ0) is 25.4. The Morgan fingerprint density at radius 2 is 1.84 bits per heavy atom. The van der Waals surface area contributed by atoms with E-state index in [1.54, 1.807) is 18.3 Å². The topological polar surface area (TPSA) is 84.8 Å². The van der Waals surface area contributed by atoms with Gasteiger partial charge in [0.25, 0.3) is 5.91 Å². The van der Waals surface area contributed by atoms with E-state index in [0.717, 1.165) is 61.4 Å². The maximum atomic E-state index is 13.7. The molecule has 3 aromatic rings. The quantitative estimate of drug-likeness (QED) is 0.536. The van der Waals surface area contributed by atoms with E-state index in [1.165, 1.54) is 0 Å². The van der Waals surface area contributed by atoms with Gasteiger partial charge in [-0.05, 0) is 48.5 Å². The SMILES string of the molecule is O=C(NCc1ccc(Cl)cc1)c1cn2c3c(cc(CN4CCOCC4)cc3c1=O)OC1(CCNCC1)C2. The average Bonchev–Trinajstić information content (AvgIpc) is 2.91. The van der Waals surface area contributed by atoms with Gasteiger partial charge in [0.15, 0.2) is 0 Å². The molecule has 8 nitrogen and oxygen atoms in total. The lowest BCUT2D eigenvalue weighted by Crippen LogP contribution is -2.51. The van der Waals surface area contributed by atoms with Gasteiger partial charge in [0, 0.05) is 50.2 Å². The van der Waals surface area contributed by atoms with Crippen molar-refractivity contribution in [1.82, 2.24) is 20.1 Å². The van der Waals surface area contributed by atoms with E-state index < -0.39 is 0 Å². The summed E-state index contributed by atoms with van der Waals surface area (Å²) in [5.74, 6) is 0.357. The molecule has 3 aliphatic heterocycles. The molecule has 1 amide bonds. The van der Waals surface area contributed by atoms with Crippen LogP contribution >= 0.6 is 11.6 Å². The van der Waals surface area contributed by atoms with Crippen LogP contribution in [-0.4, -0.2) is 60.4 Å². The third-order valence-electron chi connectivity index (χ3n) is 7.62. The van der Waals surface area contributed by atoms with Crippen molar-refractivity contribution in [1.29, 1.82) is 0 Å². The minimum absolute atomic E-state index is 0.155. The van der Waals surface area contributed by atoms with Crippen molar-refractivity contribution in [3.05, 3.63) is 74.5 Å². The second-order valence-corrected chi connectivity index (χ2v) is 10.7. The molecule has 194 valence electrons. The van der Waals surface area contributed by atoms with Crippen LogP contribution in [0, 0.1) is 0 Å². The van der Waals surface area contributed by atoms with Crippen LogP contribution in [0.25, 0.3) is 10.9 Å². The van der Waals surface area contributed by atoms with E-state index in [9.17, 15) is 9.59 Å². The summed E-state index contributed by atoms with van der Waals surface area (Å²) in [4.78, 5) is 29.3. The number of nitrogens with zero attached hydrogens (tertiary/aromatic N) is 2. The fourth-order valence-electron chi connectivity index (χ4n) is 5.63. The van der Waals surface area contributed by atoms with Gasteiger partial charge in [-0.2, -0.15) is 0 Å². The van der Waals surface area contributed by atoms with Crippen molar-refractivity contribution in [2.45, 2.75) is 38.1 Å². The minimum Gasteiger partial charge on any atom is -0.483 e. The number of carbonyl (C=O) groups is 1. The van der Waals surface area contributed by atoms with E-state index in [1.807, 2.05) is 18.2 Å². The molecule has 9 heteroatoms. The molecule has 0 atom stereocenters. The predicted molar refractivity (Wildman–Crippen MR) is 142 cm³/mol. The molecule has 6 rings (SSSR count). The zero-order valence-electron chi connectivity index (χ0n) is 20.7. The van der Waals surface area contributed by atoms with E-state index >= 15 is 0 Å². The molecule has 0 radical (unpaired) electrons. The van der Waals surface area contributed by atoms with Crippen LogP contribution in [0.4, 0.5) is 0 Å². The van der Waals surface area contributed by atoms with Crippen molar-refractivity contribution in [3.8, 4) is 5.75 Å². The Morgan fingerprint density at radius 3 is 2.59 bits per heavy atom. The summed E-state index contributed by atoms with van der Waals surface area (Å²) in [6, 6.07) is 11.3. The number of hydrogen-bond acceptors (Lipinski definition) is 6. The first kappa shape index (κ1) is 24.4. The summed E-state index contributed by atoms with van der Waals surface area (Å²) in [6.45, 7) is 6.49. The number of halogens is 1. The minimum atomic E-state index is -0.378. The Kier molecular flexibility index (Phi) is 6.67. The maximum Gasteiger partial charge on any atom is 0.257 e. The van der Waals surface area contributed by atoms with Gasteiger partial charge < -0.3 is 24.7 Å². The van der Waals surface area contributed by atoms with Crippen LogP contribution in [-0.2, 0) is 24.4 Å². The Bertz CT molecular complexity index is 1380. The summed E-state index contributed by atoms with van der Waals surface area (Å²) in [5, 5.41) is 7.50. The average molecular weight is 523 g/mol. The van der Waals surface area contributed by atoms with Gasteiger partial charge in [-0.15, -0.1) is 0 Å². The molecule has 0 saturated carbocycles. The molecule has 1 spiro atoms. The molecule has 37 heavy (non-hydrogen) atoms. The number of morpholine rings is 1. The van der Waals surface area contributed by atoms with Crippen LogP contribution in [0.5, 0.6) is 5.75 Å². The number of piperidine rings is 1. The van der Waals surface area contributed by atoms with E-state index in [2.05, 4.69) is 26.2 Å². The van der Waals surface area contributed by atoms with E-state index in [-0.39, 0.29) is 22.5 Å². The summed E-state index contributed by atoms with van der Waals surface area (Å²) < 4.78 is 14.2. The lowest BCUT2D eigenvalue weighted by molar-refractivity contribution is 0.0133. The fourth-order valence-corrected chi connectivity index (χ4v) is 5.76. The summed E-state index contributed by atoms with van der Waals surface area (Å²) >= 11 is 5.98. The summed E-state index contributed by atoms with van der Waals surface area (Å²) in [5.41, 5.74) is 2.23. The highest BCUT2D eigenvalue weighted by Gasteiger charge is 2.39. The molecule has 0 aliphatic carbocycles. The van der Waals surface area contributed by atoms with Crippen LogP contribution in [0.3, 0.4) is 0 Å². The Hall–Kier alpha value is -2.91. The number of amides is 1. The number of carbonyl (C=O) groups excluding carboxylic acids is 1. The van der Waals surface area contributed by atoms with Crippen molar-refractivity contribution >= 4 is 28.4 Å². The van der Waals surface area contributed by atoms with Gasteiger partial charge in [-0.25, -0.2) is 0 Å². The number of pyridine rings is 1. The standard InChI is InChI=1S/C28H31ClN4O4/c29-21-3-1-19(2-4-21)15-31-27(35)23-17-33-18-28(5-7-30-8-6-28)37-24-14-20(13-22(25(24)33)26(23)34)16-32-9-11-36-12-10-32/h1-4,13-14,17,30H,5-12,15-16,18H2,(H,31,35). The monoisotopic (exact) mass is 522 g/mol. The molecule has 1 aromatic heterocycles. The smallest absolute Gasteiger partial charge is 0.257 e. The van der Waals surface area contributed by atoms with Crippen molar-refractivity contribution in [2.75, 3.05) is 39.4 Å². The van der Waals surface area contributed by atoms with Crippen molar-refractivity contribution in [3.63, 3.8) is 0 Å². The number of benzene rings is 2. The molecular weight excluding hydrogens is 492 g/mol. The van der Waals surface area contributed by atoms with Gasteiger partial charge in [-0.3, -0.25) is 14.5 Å². The van der Waals surface area contributed by atoms with Gasteiger partial charge in [0.1, 0.15) is 16.9 Å². The van der Waals surface area contributed by atoms with E-state index in [4.69, 9.17) is 21.1 Å². The molecule has 2 N–H and O–H groups in total. The first-order valence-electron chi connectivity index (χ1n) is 12.9. The van der Waals surface area contributed by atoms with Gasteiger partial charge in [0.05, 0.1) is 30.7 Å². The summed E-state index contributed by atoms with van der Waals surface area (Å²) in [7, 11) is 0. The normalized spacial score (nSPS) is 19.1. The molecule has 2 aromatic carbocycles. The van der Waals surface area contributed by atoms with E-state index in [0.29, 0.717) is 43.3 Å². The number of ether oxygens (including phenoxy) is 2. The highest BCUT2D eigenvalue weighted by molar-refractivity contribution is 6.30. The lowest BCUT2D eigenvalue weighted by Gasteiger charge is -2.42. The molecular formula is C28H31ClN4O4. The first-order valence-corrected chi connectivity index (χ1v) is 13.3. The van der Waals surface area contributed by atoms with Crippen molar-refractivity contribution < 1.29 is 14.3 Å². The van der Waals surface area contributed by atoms with Crippen molar-refractivity contribution in [2.24, 2.45) is 0 Å². The van der Waals surface area contributed by atoms with Crippen LogP contribution in [0.1, 0.15) is 34.3 Å². The number of aromatic nitrogens is 1. The number of nitrogens with one attached hydrogen (secondary N) is 2. The molecule has 2 saturated heterocycles. The summed E-state index contributed by atoms with van der Waals surface area (Å²) in [6.07, 6.45) is 3.46. The third-order valence-corrected chi connectivity index (χ3v) is 7.87. The second-order valence-electron chi connectivity index (χ2n) is 10.2. The fraction of sp³-hybridized carbons (Fsp3) is 0.429. The van der Waals surface area contributed by atoms with Crippen LogP contribution in [0.2, 0.25) is 5.02 Å². The Labute approximate surface area is 220 Å². The van der Waals surface area contributed by atoms with Gasteiger partial charge in [0.2, 0.25) is 5.43 Å². The highest BCUT2D eigenvalue weighted by atomic mass is 35.5. The number of rotatable bonds is 5. The molecule has 0 unspecified atom stereocenters. The second kappa shape index (κ2) is 10.1. The molecule has 2 fully saturated rings. The Morgan fingerprint density at radius 1 is 1.08 bits per heavy atom. The zero-order valence-corrected chi connectivity index (χ0v) is 21.5. The van der Waals surface area contributed by atoms with Crippen LogP contribution in [0.15, 0.2) is 47.4 Å². The molecule has 3 aliphatic rings. The maximum absolute atomic E-state index is 13.7. The molecule has 0 bridgehead atoms. The lowest BCUT2D eigenvalue weighted by atomic mass is 9.90. The van der Waals surface area contributed by atoms with Gasteiger partial charge in [-0.1, -0.05) is 23.7 Å². The predicted octanol–water partition coefficient (Wildman–Crippen LogP) is 2.93. The van der Waals surface area contributed by atoms with Crippen LogP contribution < -0.4 is 20.8 Å². The molecule has 4 heterocycles. The Balaban J connectivity index is 1.38.